The van der Waals surface area contributed by atoms with Crippen LogP contribution in [0.5, 0.6) is 0 Å². The van der Waals surface area contributed by atoms with Crippen molar-refractivity contribution >= 4 is 0 Å². The minimum Gasteiger partial charge on any atom is -0.322 e. The van der Waals surface area contributed by atoms with Crippen molar-refractivity contribution in [2.24, 2.45) is 5.73 Å². The fourth-order valence-corrected chi connectivity index (χ4v) is 3.62. The number of hydrogen-bond donors (Lipinski definition) is 1. The first-order valence-electron chi connectivity index (χ1n) is 9.32. The van der Waals surface area contributed by atoms with Crippen LogP contribution in [0.2, 0.25) is 0 Å². The van der Waals surface area contributed by atoms with Gasteiger partial charge in [-0.15, -0.1) is 0 Å². The zero-order chi connectivity index (χ0) is 17.0. The zero-order valence-corrected chi connectivity index (χ0v) is 15.1. The molecule has 0 heterocycles. The second-order valence-corrected chi connectivity index (χ2v) is 7.21. The Labute approximate surface area is 146 Å². The van der Waals surface area contributed by atoms with E-state index in [1.807, 2.05) is 0 Å². The summed E-state index contributed by atoms with van der Waals surface area (Å²) in [5.74, 6) is 0. The lowest BCUT2D eigenvalue weighted by atomic mass is 9.84. The van der Waals surface area contributed by atoms with Crippen molar-refractivity contribution in [3.05, 3.63) is 71.3 Å². The smallest absolute Gasteiger partial charge is 0.0340 e. The molecule has 0 fully saturated rings. The predicted molar refractivity (Wildman–Crippen MR) is 103 cm³/mol. The molecule has 3 rings (SSSR count). The molecule has 0 radical (unpaired) electrons. The molecular weight excluding hydrogens is 292 g/mol. The number of nitrogens with zero attached hydrogens (tertiary/aromatic N) is 1. The van der Waals surface area contributed by atoms with Crippen LogP contribution >= 0.6 is 0 Å². The molecule has 2 N–H and O–H groups in total. The molecule has 0 saturated carbocycles. The largest absolute Gasteiger partial charge is 0.322 e. The lowest BCUT2D eigenvalue weighted by molar-refractivity contribution is 0.442. The number of hydrogen-bond acceptors (Lipinski definition) is 2. The van der Waals surface area contributed by atoms with Crippen LogP contribution in [0.25, 0.3) is 0 Å². The summed E-state index contributed by atoms with van der Waals surface area (Å²) in [6.07, 6.45) is 25.7. The summed E-state index contributed by atoms with van der Waals surface area (Å²) in [6, 6.07) is 0. The van der Waals surface area contributed by atoms with Crippen molar-refractivity contribution in [3.63, 3.8) is 0 Å². The van der Waals surface area contributed by atoms with E-state index in [2.05, 4.69) is 67.4 Å². The van der Waals surface area contributed by atoms with Gasteiger partial charge in [0.25, 0.3) is 0 Å². The summed E-state index contributed by atoms with van der Waals surface area (Å²) in [5, 5.41) is 0. The van der Waals surface area contributed by atoms with E-state index in [0.717, 1.165) is 44.9 Å². The van der Waals surface area contributed by atoms with Gasteiger partial charge in [0.15, 0.2) is 0 Å². The van der Waals surface area contributed by atoms with Gasteiger partial charge in [0.05, 0.1) is 0 Å². The Hall–Kier alpha value is -1.80. The third-order valence-electron chi connectivity index (χ3n) is 5.44. The van der Waals surface area contributed by atoms with Crippen molar-refractivity contribution in [2.75, 3.05) is 0 Å². The fourth-order valence-electron chi connectivity index (χ4n) is 3.62. The van der Waals surface area contributed by atoms with Gasteiger partial charge in [0.1, 0.15) is 0 Å². The van der Waals surface area contributed by atoms with E-state index < -0.39 is 0 Å². The highest BCUT2D eigenvalue weighted by Crippen LogP contribution is 2.36. The van der Waals surface area contributed by atoms with Gasteiger partial charge in [-0.05, 0) is 70.1 Å². The molecule has 0 spiro atoms. The summed E-state index contributed by atoms with van der Waals surface area (Å²) in [4.78, 5) is 2.51. The molecule has 24 heavy (non-hydrogen) atoms. The Morgan fingerprint density at radius 2 is 1.46 bits per heavy atom. The third-order valence-corrected chi connectivity index (χ3v) is 5.44. The average Bonchev–Trinajstić information content (AvgIpc) is 2.64. The summed E-state index contributed by atoms with van der Waals surface area (Å²) < 4.78 is 0. The summed E-state index contributed by atoms with van der Waals surface area (Å²) in [6.45, 7) is 4.32. The van der Waals surface area contributed by atoms with Crippen molar-refractivity contribution < 1.29 is 0 Å². The van der Waals surface area contributed by atoms with Crippen LogP contribution in [0.15, 0.2) is 71.3 Å². The van der Waals surface area contributed by atoms with Crippen LogP contribution in [-0.2, 0) is 0 Å². The van der Waals surface area contributed by atoms with Crippen molar-refractivity contribution in [2.45, 2.75) is 64.3 Å². The van der Waals surface area contributed by atoms with Gasteiger partial charge >= 0.3 is 0 Å². The zero-order valence-electron chi connectivity index (χ0n) is 15.1. The van der Waals surface area contributed by atoms with Gasteiger partial charge in [0.2, 0.25) is 0 Å². The summed E-state index contributed by atoms with van der Waals surface area (Å²) >= 11 is 0. The lowest BCUT2D eigenvalue weighted by Gasteiger charge is -2.36. The maximum atomic E-state index is 6.45. The molecule has 0 aromatic heterocycles. The SMILES string of the molecule is CCC(C)(N)C1=CC=C(N(C2=CC=CCC2)C2=CC=CCC2)CC1. The van der Waals surface area contributed by atoms with Gasteiger partial charge < -0.3 is 10.6 Å². The van der Waals surface area contributed by atoms with E-state index >= 15 is 0 Å². The van der Waals surface area contributed by atoms with E-state index in [9.17, 15) is 0 Å². The Balaban J connectivity index is 1.92. The van der Waals surface area contributed by atoms with Crippen LogP contribution < -0.4 is 5.73 Å². The molecule has 0 amide bonds. The molecule has 1 atom stereocenters. The topological polar surface area (TPSA) is 29.3 Å². The molecule has 1 unspecified atom stereocenters. The molecule has 2 heteroatoms. The first-order valence-corrected chi connectivity index (χ1v) is 9.32. The molecule has 3 aliphatic rings. The van der Waals surface area contributed by atoms with Crippen molar-refractivity contribution in [1.82, 2.24) is 4.90 Å². The van der Waals surface area contributed by atoms with Gasteiger partial charge in [-0.3, -0.25) is 0 Å². The van der Waals surface area contributed by atoms with Gasteiger partial charge in [-0.1, -0.05) is 42.9 Å². The molecule has 0 aromatic carbocycles. The molecule has 0 bridgehead atoms. The van der Waals surface area contributed by atoms with Gasteiger partial charge in [-0.25, -0.2) is 0 Å². The minimum absolute atomic E-state index is 0.174. The molecule has 0 saturated heterocycles. The Bertz CT molecular complexity index is 621. The number of rotatable bonds is 5. The van der Waals surface area contributed by atoms with Crippen LogP contribution in [0.3, 0.4) is 0 Å². The Kier molecular flexibility index (Phi) is 5.25. The molecule has 2 nitrogen and oxygen atoms in total. The van der Waals surface area contributed by atoms with Crippen molar-refractivity contribution in [3.8, 4) is 0 Å². The highest BCUT2D eigenvalue weighted by atomic mass is 15.2. The Morgan fingerprint density at radius 3 is 1.88 bits per heavy atom. The standard InChI is InChI=1S/C22H30N2/c1-3-22(2,23)18-14-16-21(17-15-18)24(19-10-6-4-7-11-19)20-12-8-5-9-13-20/h4-6,8,10,12,14,16H,3,7,9,11,13,15,17,23H2,1-2H3. The molecule has 0 aliphatic heterocycles. The maximum Gasteiger partial charge on any atom is 0.0340 e. The molecule has 128 valence electrons. The first kappa shape index (κ1) is 17.0. The average molecular weight is 322 g/mol. The van der Waals surface area contributed by atoms with E-state index in [-0.39, 0.29) is 5.54 Å². The van der Waals surface area contributed by atoms with E-state index in [1.165, 1.54) is 22.7 Å². The second-order valence-electron chi connectivity index (χ2n) is 7.21. The van der Waals surface area contributed by atoms with E-state index in [1.54, 1.807) is 0 Å². The highest BCUT2D eigenvalue weighted by molar-refractivity contribution is 5.36. The lowest BCUT2D eigenvalue weighted by Crippen LogP contribution is -2.38. The molecular formula is C22H30N2. The minimum atomic E-state index is -0.174. The second kappa shape index (κ2) is 7.40. The highest BCUT2D eigenvalue weighted by Gasteiger charge is 2.26. The normalized spacial score (nSPS) is 23.0. The third kappa shape index (κ3) is 3.64. The maximum absolute atomic E-state index is 6.45. The van der Waals surface area contributed by atoms with Gasteiger partial charge in [0, 0.05) is 22.6 Å². The van der Waals surface area contributed by atoms with E-state index in [0.29, 0.717) is 0 Å². The van der Waals surface area contributed by atoms with Crippen LogP contribution in [0.1, 0.15) is 58.8 Å². The van der Waals surface area contributed by atoms with Crippen LogP contribution in [-0.4, -0.2) is 10.4 Å². The van der Waals surface area contributed by atoms with E-state index in [4.69, 9.17) is 5.73 Å². The molecule has 0 aromatic rings. The monoisotopic (exact) mass is 322 g/mol. The summed E-state index contributed by atoms with van der Waals surface area (Å²) in [5.41, 5.74) is 11.9. The summed E-state index contributed by atoms with van der Waals surface area (Å²) in [7, 11) is 0. The van der Waals surface area contributed by atoms with Crippen LogP contribution in [0.4, 0.5) is 0 Å². The number of allylic oxidation sites excluding steroid dienone is 11. The fraction of sp³-hybridized carbons (Fsp3) is 0.455. The van der Waals surface area contributed by atoms with Crippen LogP contribution in [0, 0.1) is 0 Å². The van der Waals surface area contributed by atoms with Gasteiger partial charge in [-0.2, -0.15) is 0 Å². The van der Waals surface area contributed by atoms with Crippen molar-refractivity contribution in [1.29, 1.82) is 0 Å². The predicted octanol–water partition coefficient (Wildman–Crippen LogP) is 5.49. The number of nitrogens with two attached hydrogens (primary N) is 1. The Morgan fingerprint density at radius 1 is 0.875 bits per heavy atom. The molecule has 3 aliphatic carbocycles. The first-order chi connectivity index (χ1) is 11.6. The quantitative estimate of drug-likeness (QED) is 0.725.